The number of aromatic nitrogens is 1. The van der Waals surface area contributed by atoms with E-state index in [4.69, 9.17) is 0 Å². The smallest absolute Gasteiger partial charge is 0.251 e. The van der Waals surface area contributed by atoms with Gasteiger partial charge in [-0.15, -0.1) is 0 Å². The highest BCUT2D eigenvalue weighted by atomic mass is 16.1. The van der Waals surface area contributed by atoms with Crippen molar-refractivity contribution in [1.82, 2.24) is 10.3 Å². The first-order chi connectivity index (χ1) is 9.45. The Kier molecular flexibility index (Phi) is 4.23. The molecule has 0 aliphatic rings. The number of nitrogens with one attached hydrogen (secondary N) is 2. The normalized spacial score (nSPS) is 11.0. The Balaban J connectivity index is 2.18. The third kappa shape index (κ3) is 3.47. The number of carbonyl (C=O) groups excluding carboxylic acids is 1. The van der Waals surface area contributed by atoms with Crippen LogP contribution in [0.5, 0.6) is 0 Å². The number of benzene rings is 1. The molecule has 0 atom stereocenters. The van der Waals surface area contributed by atoms with Crippen LogP contribution in [0, 0.1) is 6.92 Å². The van der Waals surface area contributed by atoms with Crippen LogP contribution in [-0.2, 0) is 11.2 Å². The number of hydrogen-bond acceptors (Lipinski definition) is 2. The van der Waals surface area contributed by atoms with Crippen molar-refractivity contribution in [1.29, 1.82) is 0 Å². The number of pyridine rings is 1. The Morgan fingerprint density at radius 3 is 2.75 bits per heavy atom. The molecule has 4 heteroatoms. The Morgan fingerprint density at radius 1 is 1.30 bits per heavy atom. The lowest BCUT2D eigenvalue weighted by Gasteiger charge is -2.08. The zero-order valence-electron chi connectivity index (χ0n) is 12.1. The maximum atomic E-state index is 12.0. The minimum Gasteiger partial charge on any atom is -0.354 e. The number of fused-ring (bicyclic) bond motifs is 1. The molecule has 0 aliphatic carbocycles. The molecule has 0 saturated carbocycles. The molecule has 0 saturated heterocycles. The van der Waals surface area contributed by atoms with Crippen molar-refractivity contribution in [2.24, 2.45) is 0 Å². The van der Waals surface area contributed by atoms with Gasteiger partial charge in [-0.05, 0) is 50.3 Å². The van der Waals surface area contributed by atoms with Crippen molar-refractivity contribution < 1.29 is 4.79 Å². The van der Waals surface area contributed by atoms with Crippen LogP contribution in [0.15, 0.2) is 29.1 Å². The van der Waals surface area contributed by atoms with Gasteiger partial charge in [0.2, 0.25) is 5.91 Å². The highest BCUT2D eigenvalue weighted by Crippen LogP contribution is 2.13. The van der Waals surface area contributed by atoms with Gasteiger partial charge in [-0.1, -0.05) is 12.1 Å². The molecule has 1 aromatic heterocycles. The van der Waals surface area contributed by atoms with Crippen LogP contribution in [0.1, 0.15) is 31.4 Å². The summed E-state index contributed by atoms with van der Waals surface area (Å²) in [5.74, 6) is -0.0246. The summed E-state index contributed by atoms with van der Waals surface area (Å²) in [6, 6.07) is 7.94. The molecule has 1 aromatic carbocycles. The van der Waals surface area contributed by atoms with Crippen LogP contribution >= 0.6 is 0 Å². The van der Waals surface area contributed by atoms with Gasteiger partial charge in [0.15, 0.2) is 0 Å². The lowest BCUT2D eigenvalue weighted by atomic mass is 10.1. The van der Waals surface area contributed by atoms with E-state index in [2.05, 4.69) is 10.3 Å². The summed E-state index contributed by atoms with van der Waals surface area (Å²) in [6.07, 6.45) is 0.788. The summed E-state index contributed by atoms with van der Waals surface area (Å²) in [7, 11) is 0. The van der Waals surface area contributed by atoms with Crippen LogP contribution in [0.25, 0.3) is 10.9 Å². The molecule has 0 radical (unpaired) electrons. The van der Waals surface area contributed by atoms with Crippen LogP contribution in [0.4, 0.5) is 0 Å². The van der Waals surface area contributed by atoms with Crippen molar-refractivity contribution in [2.45, 2.75) is 39.7 Å². The van der Waals surface area contributed by atoms with E-state index in [1.165, 1.54) is 0 Å². The van der Waals surface area contributed by atoms with Gasteiger partial charge >= 0.3 is 0 Å². The van der Waals surface area contributed by atoms with Crippen molar-refractivity contribution in [2.75, 3.05) is 0 Å². The Labute approximate surface area is 118 Å². The lowest BCUT2D eigenvalue weighted by Crippen LogP contribution is -2.30. The van der Waals surface area contributed by atoms with Gasteiger partial charge in [0.05, 0.1) is 0 Å². The molecule has 106 valence electrons. The second kappa shape index (κ2) is 5.90. The van der Waals surface area contributed by atoms with Crippen LogP contribution < -0.4 is 10.9 Å². The molecule has 1 heterocycles. The van der Waals surface area contributed by atoms with Crippen LogP contribution in [-0.4, -0.2) is 16.9 Å². The van der Waals surface area contributed by atoms with Gasteiger partial charge in [0, 0.05) is 23.5 Å². The fourth-order valence-electron chi connectivity index (χ4n) is 2.19. The topological polar surface area (TPSA) is 62.0 Å². The van der Waals surface area contributed by atoms with E-state index in [-0.39, 0.29) is 17.5 Å². The molecule has 1 amide bonds. The summed E-state index contributed by atoms with van der Waals surface area (Å²) in [4.78, 5) is 26.5. The minimum atomic E-state index is -0.111. The molecule has 2 N–H and O–H groups in total. The third-order valence-electron chi connectivity index (χ3n) is 3.15. The molecule has 2 rings (SSSR count). The van der Waals surface area contributed by atoms with Gasteiger partial charge in [0.25, 0.3) is 5.56 Å². The van der Waals surface area contributed by atoms with Gasteiger partial charge in [-0.25, -0.2) is 0 Å². The summed E-state index contributed by atoms with van der Waals surface area (Å²) in [5, 5.41) is 3.82. The predicted molar refractivity (Wildman–Crippen MR) is 80.9 cm³/mol. The zero-order chi connectivity index (χ0) is 14.7. The van der Waals surface area contributed by atoms with E-state index in [0.717, 1.165) is 16.5 Å². The lowest BCUT2D eigenvalue weighted by molar-refractivity contribution is -0.121. The maximum absolute atomic E-state index is 12.0. The fraction of sp³-hybridized carbons (Fsp3) is 0.375. The number of aryl methyl sites for hydroxylation is 2. The van der Waals surface area contributed by atoms with Gasteiger partial charge in [0.1, 0.15) is 0 Å². The van der Waals surface area contributed by atoms with Gasteiger partial charge in [-0.3, -0.25) is 9.59 Å². The molecule has 4 nitrogen and oxygen atoms in total. The highest BCUT2D eigenvalue weighted by molar-refractivity contribution is 5.80. The van der Waals surface area contributed by atoms with E-state index in [1.54, 1.807) is 0 Å². The molecule has 2 aromatic rings. The first kappa shape index (κ1) is 14.3. The number of amides is 1. The van der Waals surface area contributed by atoms with E-state index < -0.39 is 0 Å². The molecular formula is C16H20N2O2. The third-order valence-corrected chi connectivity index (χ3v) is 3.15. The second-order valence-electron chi connectivity index (χ2n) is 5.44. The van der Waals surface area contributed by atoms with Crippen molar-refractivity contribution in [3.8, 4) is 0 Å². The molecule has 20 heavy (non-hydrogen) atoms. The first-order valence-electron chi connectivity index (χ1n) is 6.87. The summed E-state index contributed by atoms with van der Waals surface area (Å²) in [6.45, 7) is 5.83. The van der Waals surface area contributed by atoms with E-state index >= 15 is 0 Å². The average Bonchev–Trinajstić information content (AvgIpc) is 2.35. The minimum absolute atomic E-state index is 0.0246. The fourth-order valence-corrected chi connectivity index (χ4v) is 2.19. The first-order valence-corrected chi connectivity index (χ1v) is 6.87. The van der Waals surface area contributed by atoms with Gasteiger partial charge < -0.3 is 10.3 Å². The monoisotopic (exact) mass is 272 g/mol. The Bertz CT molecular complexity index is 686. The number of H-pyrrole nitrogens is 1. The van der Waals surface area contributed by atoms with Crippen LogP contribution in [0.2, 0.25) is 0 Å². The predicted octanol–water partition coefficient (Wildman–Crippen LogP) is 2.29. The Morgan fingerprint density at radius 2 is 2.05 bits per heavy atom. The molecule has 0 fully saturated rings. The summed E-state index contributed by atoms with van der Waals surface area (Å²) < 4.78 is 0. The highest BCUT2D eigenvalue weighted by Gasteiger charge is 2.07. The van der Waals surface area contributed by atoms with E-state index in [0.29, 0.717) is 18.4 Å². The van der Waals surface area contributed by atoms with Crippen LogP contribution in [0.3, 0.4) is 0 Å². The summed E-state index contributed by atoms with van der Waals surface area (Å²) >= 11 is 0. The van der Waals surface area contributed by atoms with Crippen molar-refractivity contribution >= 4 is 16.8 Å². The molecule has 0 unspecified atom stereocenters. The molecule has 0 bridgehead atoms. The summed E-state index contributed by atoms with van der Waals surface area (Å²) in [5.41, 5.74) is 2.49. The maximum Gasteiger partial charge on any atom is 0.251 e. The second-order valence-corrected chi connectivity index (χ2v) is 5.44. The van der Waals surface area contributed by atoms with E-state index in [9.17, 15) is 9.59 Å². The largest absolute Gasteiger partial charge is 0.354 e. The molecule has 0 aliphatic heterocycles. The molecular weight excluding hydrogens is 252 g/mol. The number of carbonyl (C=O) groups is 1. The number of rotatable bonds is 4. The zero-order valence-corrected chi connectivity index (χ0v) is 12.1. The SMILES string of the molecule is Cc1ccc2cc(CCC(=O)NC(C)C)c(=O)[nH]c2c1. The standard InChI is InChI=1S/C16H20N2O2/c1-10(2)17-15(19)7-6-13-9-12-5-4-11(3)8-14(12)18-16(13)20/h4-5,8-10H,6-7H2,1-3H3,(H,17,19)(H,18,20). The van der Waals surface area contributed by atoms with Gasteiger partial charge in [-0.2, -0.15) is 0 Å². The average molecular weight is 272 g/mol. The van der Waals surface area contributed by atoms with Crippen molar-refractivity contribution in [3.63, 3.8) is 0 Å². The number of aromatic amines is 1. The Hall–Kier alpha value is -2.10. The number of hydrogen-bond donors (Lipinski definition) is 2. The van der Waals surface area contributed by atoms with E-state index in [1.807, 2.05) is 45.0 Å². The van der Waals surface area contributed by atoms with Crippen molar-refractivity contribution in [3.05, 3.63) is 45.7 Å². The quantitative estimate of drug-likeness (QED) is 0.897. The molecule has 0 spiro atoms.